The van der Waals surface area contributed by atoms with Crippen molar-refractivity contribution in [2.45, 2.75) is 45.4 Å². The van der Waals surface area contributed by atoms with Gasteiger partial charge >= 0.3 is 0 Å². The SMILES string of the molecule is CCCCCCC[CH][CH]COc1ccccc1. The summed E-state index contributed by atoms with van der Waals surface area (Å²) in [7, 11) is 0. The first-order valence-corrected chi connectivity index (χ1v) is 6.76. The van der Waals surface area contributed by atoms with E-state index < -0.39 is 0 Å². The van der Waals surface area contributed by atoms with Crippen LogP contribution >= 0.6 is 0 Å². The van der Waals surface area contributed by atoms with Gasteiger partial charge < -0.3 is 4.74 Å². The number of unbranched alkanes of at least 4 members (excludes halogenated alkanes) is 7. The average molecular weight is 232 g/mol. The zero-order valence-corrected chi connectivity index (χ0v) is 10.9. The van der Waals surface area contributed by atoms with Crippen LogP contribution in [0.4, 0.5) is 0 Å². The second-order valence-electron chi connectivity index (χ2n) is 4.30. The van der Waals surface area contributed by atoms with Crippen LogP contribution in [0.2, 0.25) is 0 Å². The predicted molar refractivity (Wildman–Crippen MR) is 73.9 cm³/mol. The Morgan fingerprint density at radius 1 is 0.941 bits per heavy atom. The molecule has 0 saturated carbocycles. The van der Waals surface area contributed by atoms with Crippen LogP contribution in [0.15, 0.2) is 30.3 Å². The summed E-state index contributed by atoms with van der Waals surface area (Å²) in [5.41, 5.74) is 0. The highest BCUT2D eigenvalue weighted by Crippen LogP contribution is 2.10. The number of hydrogen-bond donors (Lipinski definition) is 0. The quantitative estimate of drug-likeness (QED) is 0.525. The minimum absolute atomic E-state index is 0.680. The first-order chi connectivity index (χ1) is 8.43. The highest BCUT2D eigenvalue weighted by Gasteiger charge is 1.94. The van der Waals surface area contributed by atoms with E-state index in [1.165, 1.54) is 38.5 Å². The molecular weight excluding hydrogens is 208 g/mol. The van der Waals surface area contributed by atoms with Crippen LogP contribution in [0.3, 0.4) is 0 Å². The molecule has 1 aromatic rings. The Morgan fingerprint density at radius 3 is 2.47 bits per heavy atom. The molecule has 1 aromatic carbocycles. The fourth-order valence-corrected chi connectivity index (χ4v) is 1.71. The lowest BCUT2D eigenvalue weighted by Gasteiger charge is -2.05. The number of benzene rings is 1. The molecular formula is C16H24O. The normalized spacial score (nSPS) is 10.4. The van der Waals surface area contributed by atoms with Crippen LogP contribution in [0.5, 0.6) is 5.75 Å². The number of para-hydroxylation sites is 1. The Balaban J connectivity index is 1.85. The van der Waals surface area contributed by atoms with Gasteiger partial charge in [-0.2, -0.15) is 0 Å². The summed E-state index contributed by atoms with van der Waals surface area (Å²) in [4.78, 5) is 0. The highest BCUT2D eigenvalue weighted by atomic mass is 16.5. The Bertz CT molecular complexity index is 255. The zero-order valence-electron chi connectivity index (χ0n) is 10.9. The summed E-state index contributed by atoms with van der Waals surface area (Å²) in [5, 5.41) is 0. The van der Waals surface area contributed by atoms with Gasteiger partial charge in [-0.3, -0.25) is 0 Å². The molecule has 1 heteroatoms. The molecule has 0 saturated heterocycles. The molecule has 0 N–H and O–H groups in total. The number of hydrogen-bond acceptors (Lipinski definition) is 1. The number of rotatable bonds is 10. The van der Waals surface area contributed by atoms with E-state index in [9.17, 15) is 0 Å². The second kappa shape index (κ2) is 10.2. The standard InChI is InChI=1S/C16H24O/c1-2-3-4-5-6-7-8-12-15-17-16-13-10-9-11-14-16/h8-14H,2-7,15H2,1H3. The van der Waals surface area contributed by atoms with Gasteiger partial charge in [0.15, 0.2) is 0 Å². The van der Waals surface area contributed by atoms with Gasteiger partial charge in [0.25, 0.3) is 0 Å². The molecule has 2 radical (unpaired) electrons. The van der Waals surface area contributed by atoms with E-state index in [-0.39, 0.29) is 0 Å². The molecule has 0 bridgehead atoms. The second-order valence-corrected chi connectivity index (χ2v) is 4.30. The van der Waals surface area contributed by atoms with Crippen LogP contribution in [-0.4, -0.2) is 6.61 Å². The lowest BCUT2D eigenvalue weighted by Crippen LogP contribution is -1.98. The first kappa shape index (κ1) is 14.1. The van der Waals surface area contributed by atoms with E-state index in [2.05, 4.69) is 19.8 Å². The Labute approximate surface area is 106 Å². The van der Waals surface area contributed by atoms with Crippen molar-refractivity contribution < 1.29 is 4.74 Å². The van der Waals surface area contributed by atoms with Gasteiger partial charge in [0.1, 0.15) is 5.75 Å². The third-order valence-corrected chi connectivity index (χ3v) is 2.73. The van der Waals surface area contributed by atoms with Crippen molar-refractivity contribution in [3.8, 4) is 5.75 Å². The van der Waals surface area contributed by atoms with E-state index in [1.54, 1.807) is 0 Å². The maximum atomic E-state index is 5.56. The number of ether oxygens (including phenoxy) is 1. The molecule has 1 rings (SSSR count). The summed E-state index contributed by atoms with van der Waals surface area (Å²) in [6.45, 7) is 2.93. The van der Waals surface area contributed by atoms with Crippen molar-refractivity contribution in [3.05, 3.63) is 43.2 Å². The first-order valence-electron chi connectivity index (χ1n) is 6.76. The summed E-state index contributed by atoms with van der Waals surface area (Å²) in [6, 6.07) is 9.95. The van der Waals surface area contributed by atoms with Crippen LogP contribution in [0.25, 0.3) is 0 Å². The summed E-state index contributed by atoms with van der Waals surface area (Å²) in [5.74, 6) is 0.945. The zero-order chi connectivity index (χ0) is 12.2. The summed E-state index contributed by atoms with van der Waals surface area (Å²) in [6.07, 6.45) is 12.3. The molecule has 17 heavy (non-hydrogen) atoms. The third-order valence-electron chi connectivity index (χ3n) is 2.73. The minimum atomic E-state index is 0.680. The van der Waals surface area contributed by atoms with Crippen LogP contribution in [0.1, 0.15) is 45.4 Å². The lowest BCUT2D eigenvalue weighted by molar-refractivity contribution is 0.350. The van der Waals surface area contributed by atoms with Gasteiger partial charge in [0.2, 0.25) is 0 Å². The third kappa shape index (κ3) is 7.84. The van der Waals surface area contributed by atoms with Crippen molar-refractivity contribution >= 4 is 0 Å². The van der Waals surface area contributed by atoms with Crippen LogP contribution in [0, 0.1) is 12.8 Å². The van der Waals surface area contributed by atoms with E-state index in [0.29, 0.717) is 6.61 Å². The molecule has 0 amide bonds. The smallest absolute Gasteiger partial charge is 0.119 e. The molecule has 0 heterocycles. The van der Waals surface area contributed by atoms with Crippen molar-refractivity contribution in [1.82, 2.24) is 0 Å². The maximum absolute atomic E-state index is 5.56. The Morgan fingerprint density at radius 2 is 1.71 bits per heavy atom. The molecule has 0 aliphatic heterocycles. The van der Waals surface area contributed by atoms with Crippen molar-refractivity contribution in [2.24, 2.45) is 0 Å². The van der Waals surface area contributed by atoms with Gasteiger partial charge in [0, 0.05) is 6.42 Å². The molecule has 0 unspecified atom stereocenters. The topological polar surface area (TPSA) is 9.23 Å². The van der Waals surface area contributed by atoms with E-state index >= 15 is 0 Å². The summed E-state index contributed by atoms with van der Waals surface area (Å²) >= 11 is 0. The monoisotopic (exact) mass is 232 g/mol. The fourth-order valence-electron chi connectivity index (χ4n) is 1.71. The van der Waals surface area contributed by atoms with Gasteiger partial charge in [-0.05, 0) is 25.0 Å². The highest BCUT2D eigenvalue weighted by molar-refractivity contribution is 5.21. The fraction of sp³-hybridized carbons (Fsp3) is 0.500. The molecule has 0 atom stereocenters. The van der Waals surface area contributed by atoms with Gasteiger partial charge in [0.05, 0.1) is 6.61 Å². The van der Waals surface area contributed by atoms with Crippen molar-refractivity contribution in [2.75, 3.05) is 6.61 Å². The summed E-state index contributed by atoms with van der Waals surface area (Å²) < 4.78 is 5.56. The lowest BCUT2D eigenvalue weighted by atomic mass is 10.1. The van der Waals surface area contributed by atoms with E-state index in [0.717, 1.165) is 5.75 Å². The Kier molecular flexibility index (Phi) is 8.44. The predicted octanol–water partition coefficient (Wildman–Crippen LogP) is 4.83. The molecule has 0 spiro atoms. The average Bonchev–Trinajstić information content (AvgIpc) is 2.38. The van der Waals surface area contributed by atoms with E-state index in [4.69, 9.17) is 4.74 Å². The molecule has 94 valence electrons. The van der Waals surface area contributed by atoms with Gasteiger partial charge in [-0.15, -0.1) is 0 Å². The van der Waals surface area contributed by atoms with E-state index in [1.807, 2.05) is 30.3 Å². The van der Waals surface area contributed by atoms with Crippen molar-refractivity contribution in [1.29, 1.82) is 0 Å². The minimum Gasteiger partial charge on any atom is -0.493 e. The largest absolute Gasteiger partial charge is 0.493 e. The molecule has 1 nitrogen and oxygen atoms in total. The van der Waals surface area contributed by atoms with Gasteiger partial charge in [-0.25, -0.2) is 0 Å². The molecule has 0 fully saturated rings. The van der Waals surface area contributed by atoms with Crippen molar-refractivity contribution in [3.63, 3.8) is 0 Å². The van der Waals surface area contributed by atoms with Gasteiger partial charge in [-0.1, -0.05) is 57.2 Å². The Hall–Kier alpha value is -0.980. The molecule has 0 aliphatic carbocycles. The molecule has 0 aromatic heterocycles. The van der Waals surface area contributed by atoms with Crippen LogP contribution in [-0.2, 0) is 0 Å². The maximum Gasteiger partial charge on any atom is 0.119 e. The molecule has 0 aliphatic rings. The van der Waals surface area contributed by atoms with Crippen LogP contribution < -0.4 is 4.74 Å².